The number of aliphatic hydroxyl groups excluding tert-OH is 1. The highest BCUT2D eigenvalue weighted by Crippen LogP contribution is 2.32. The number of methoxy groups -OCH3 is 2. The van der Waals surface area contributed by atoms with E-state index in [-0.39, 0.29) is 12.3 Å². The van der Waals surface area contributed by atoms with E-state index in [0.717, 1.165) is 24.7 Å². The Morgan fingerprint density at radius 2 is 1.70 bits per heavy atom. The van der Waals surface area contributed by atoms with Crippen molar-refractivity contribution in [2.24, 2.45) is 23.5 Å². The average Bonchev–Trinajstić information content (AvgIpc) is 2.86. The van der Waals surface area contributed by atoms with Crippen molar-refractivity contribution in [2.75, 3.05) is 34.0 Å². The Morgan fingerprint density at radius 3 is 2.30 bits per heavy atom. The van der Waals surface area contributed by atoms with Crippen molar-refractivity contribution in [3.8, 4) is 11.5 Å². The molecular formula is C28H47NO8. The number of carboxylic acid groups (broad SMARTS) is 1. The van der Waals surface area contributed by atoms with Crippen LogP contribution in [-0.4, -0.2) is 74.8 Å². The van der Waals surface area contributed by atoms with Gasteiger partial charge in [0.05, 0.1) is 25.2 Å². The van der Waals surface area contributed by atoms with Crippen LogP contribution in [0.2, 0.25) is 0 Å². The van der Waals surface area contributed by atoms with Crippen LogP contribution in [0.15, 0.2) is 18.2 Å². The molecule has 0 saturated heterocycles. The first-order valence-electron chi connectivity index (χ1n) is 13.1. The van der Waals surface area contributed by atoms with E-state index in [1.165, 1.54) is 7.11 Å². The molecule has 0 aliphatic carbocycles. The predicted octanol–water partition coefficient (Wildman–Crippen LogP) is 3.48. The van der Waals surface area contributed by atoms with Crippen LogP contribution in [0.4, 0.5) is 0 Å². The summed E-state index contributed by atoms with van der Waals surface area (Å²) in [5, 5.41) is 19.6. The Hall–Kier alpha value is -2.20. The van der Waals surface area contributed by atoms with Gasteiger partial charge in [-0.3, -0.25) is 4.79 Å². The van der Waals surface area contributed by atoms with Gasteiger partial charge in [0.25, 0.3) is 0 Å². The number of aldehydes is 1. The maximum absolute atomic E-state index is 11.1. The molecule has 0 aromatic heterocycles. The molecule has 1 aromatic rings. The summed E-state index contributed by atoms with van der Waals surface area (Å²) in [5.74, 6) is 0.194. The molecule has 0 radical (unpaired) electrons. The third kappa shape index (κ3) is 12.7. The zero-order valence-electron chi connectivity index (χ0n) is 23.1. The molecule has 9 heteroatoms. The summed E-state index contributed by atoms with van der Waals surface area (Å²) < 4.78 is 22.2. The molecule has 0 spiro atoms. The Labute approximate surface area is 221 Å². The molecule has 0 aliphatic heterocycles. The Bertz CT molecular complexity index is 787. The van der Waals surface area contributed by atoms with Crippen molar-refractivity contribution in [1.82, 2.24) is 0 Å². The molecule has 9 nitrogen and oxygen atoms in total. The van der Waals surface area contributed by atoms with E-state index in [0.29, 0.717) is 56.5 Å². The normalized spacial score (nSPS) is 15.6. The van der Waals surface area contributed by atoms with Gasteiger partial charge in [0, 0.05) is 33.3 Å². The van der Waals surface area contributed by atoms with Crippen molar-refractivity contribution >= 4 is 12.3 Å². The van der Waals surface area contributed by atoms with Gasteiger partial charge >= 0.3 is 5.97 Å². The highest BCUT2D eigenvalue weighted by Gasteiger charge is 2.26. The largest absolute Gasteiger partial charge is 0.490 e. The van der Waals surface area contributed by atoms with Crippen molar-refractivity contribution < 1.29 is 38.7 Å². The average molecular weight is 526 g/mol. The summed E-state index contributed by atoms with van der Waals surface area (Å²) in [6.07, 6.45) is 2.91. The Morgan fingerprint density at radius 1 is 1.03 bits per heavy atom. The van der Waals surface area contributed by atoms with E-state index in [2.05, 4.69) is 13.8 Å². The second-order valence-corrected chi connectivity index (χ2v) is 10.0. The highest BCUT2D eigenvalue weighted by molar-refractivity contribution is 5.69. The summed E-state index contributed by atoms with van der Waals surface area (Å²) in [7, 11) is 3.16. The number of aliphatic carboxylic acids is 1. The van der Waals surface area contributed by atoms with E-state index < -0.39 is 30.1 Å². The molecule has 4 N–H and O–H groups in total. The molecule has 37 heavy (non-hydrogen) atoms. The lowest BCUT2D eigenvalue weighted by Crippen LogP contribution is -2.39. The van der Waals surface area contributed by atoms with Crippen LogP contribution in [-0.2, 0) is 25.5 Å². The Kier molecular flexibility index (Phi) is 16.1. The number of hydrogen-bond acceptors (Lipinski definition) is 8. The fourth-order valence-corrected chi connectivity index (χ4v) is 4.04. The van der Waals surface area contributed by atoms with E-state index >= 15 is 0 Å². The van der Waals surface area contributed by atoms with E-state index in [1.54, 1.807) is 14.0 Å². The van der Waals surface area contributed by atoms with Gasteiger partial charge in [-0.1, -0.05) is 26.8 Å². The number of rotatable bonds is 21. The maximum Gasteiger partial charge on any atom is 0.306 e. The molecule has 212 valence electrons. The molecule has 0 fully saturated rings. The zero-order valence-corrected chi connectivity index (χ0v) is 23.1. The number of ether oxygens (including phenoxy) is 4. The summed E-state index contributed by atoms with van der Waals surface area (Å²) >= 11 is 0. The van der Waals surface area contributed by atoms with Crippen molar-refractivity contribution in [3.63, 3.8) is 0 Å². The van der Waals surface area contributed by atoms with Crippen LogP contribution in [0.1, 0.15) is 58.4 Å². The number of aliphatic hydroxyl groups is 1. The van der Waals surface area contributed by atoms with Gasteiger partial charge in [-0.05, 0) is 61.6 Å². The zero-order chi connectivity index (χ0) is 27.8. The van der Waals surface area contributed by atoms with Gasteiger partial charge in [0.15, 0.2) is 11.5 Å². The third-order valence-electron chi connectivity index (χ3n) is 6.63. The number of carbonyl (C=O) groups excluding carboxylic acids is 1. The second-order valence-electron chi connectivity index (χ2n) is 10.0. The summed E-state index contributed by atoms with van der Waals surface area (Å²) in [6, 6.07) is 5.37. The lowest BCUT2D eigenvalue weighted by atomic mass is 9.82. The first kappa shape index (κ1) is 32.8. The van der Waals surface area contributed by atoms with Crippen molar-refractivity contribution in [1.29, 1.82) is 0 Å². The summed E-state index contributed by atoms with van der Waals surface area (Å²) in [4.78, 5) is 22.1. The number of nitrogens with two attached hydrogens (primary N) is 1. The van der Waals surface area contributed by atoms with Crippen LogP contribution < -0.4 is 15.2 Å². The topological polar surface area (TPSA) is 138 Å². The van der Waals surface area contributed by atoms with Gasteiger partial charge in [0.1, 0.15) is 12.4 Å². The minimum absolute atomic E-state index is 0.130. The predicted molar refractivity (Wildman–Crippen MR) is 142 cm³/mol. The number of benzene rings is 1. The number of carbonyl (C=O) groups is 2. The lowest BCUT2D eigenvalue weighted by Gasteiger charge is -2.28. The molecule has 1 rings (SSSR count). The van der Waals surface area contributed by atoms with E-state index in [9.17, 15) is 14.7 Å². The lowest BCUT2D eigenvalue weighted by molar-refractivity contribution is -0.142. The monoisotopic (exact) mass is 525 g/mol. The summed E-state index contributed by atoms with van der Waals surface area (Å²) in [6.45, 7) is 7.32. The van der Waals surface area contributed by atoms with E-state index in [4.69, 9.17) is 29.8 Å². The van der Waals surface area contributed by atoms with Crippen LogP contribution in [0.25, 0.3) is 0 Å². The molecule has 0 bridgehead atoms. The van der Waals surface area contributed by atoms with E-state index in [1.807, 2.05) is 18.2 Å². The number of carboxylic acids is 1. The molecule has 1 aromatic carbocycles. The Balaban J connectivity index is 2.89. The van der Waals surface area contributed by atoms with Gasteiger partial charge in [-0.2, -0.15) is 0 Å². The quantitative estimate of drug-likeness (QED) is 0.163. The third-order valence-corrected chi connectivity index (χ3v) is 6.63. The molecule has 0 heterocycles. The second kappa shape index (κ2) is 18.1. The fraction of sp³-hybridized carbons (Fsp3) is 0.714. The molecule has 5 atom stereocenters. The van der Waals surface area contributed by atoms with Gasteiger partial charge in [-0.15, -0.1) is 0 Å². The first-order valence-corrected chi connectivity index (χ1v) is 13.1. The number of hydrogen-bond donors (Lipinski definition) is 3. The van der Waals surface area contributed by atoms with Gasteiger partial charge in [-0.25, -0.2) is 0 Å². The van der Waals surface area contributed by atoms with Crippen LogP contribution >= 0.6 is 0 Å². The van der Waals surface area contributed by atoms with Gasteiger partial charge < -0.3 is 39.7 Å². The SMILES string of the molecule is COCCCOc1cc(CC(CC(N)C(O)CC(C)C(=O)O)C(C)C)ccc1OCCCC(C=O)OC. The standard InChI is InChI=1S/C28H47NO8/c1-19(2)22(17-24(29)25(31)14-20(3)28(32)33)15-21-9-10-26(27(16-21)37-13-7-11-34-4)36-12-6-8-23(18-30)35-5/h9-10,16,18-20,22-25,31H,6-8,11-15,17,29H2,1-5H3,(H,32,33). The smallest absolute Gasteiger partial charge is 0.306 e. The highest BCUT2D eigenvalue weighted by atomic mass is 16.5. The minimum Gasteiger partial charge on any atom is -0.490 e. The van der Waals surface area contributed by atoms with Crippen LogP contribution in [0, 0.1) is 17.8 Å². The minimum atomic E-state index is -0.936. The first-order chi connectivity index (χ1) is 17.6. The summed E-state index contributed by atoms with van der Waals surface area (Å²) in [5.41, 5.74) is 7.35. The van der Waals surface area contributed by atoms with Crippen molar-refractivity contribution in [3.05, 3.63) is 23.8 Å². The van der Waals surface area contributed by atoms with Crippen molar-refractivity contribution in [2.45, 2.75) is 77.5 Å². The molecule has 0 aliphatic rings. The molecule has 5 unspecified atom stereocenters. The van der Waals surface area contributed by atoms with Crippen LogP contribution in [0.3, 0.4) is 0 Å². The molecule has 0 saturated carbocycles. The van der Waals surface area contributed by atoms with Crippen LogP contribution in [0.5, 0.6) is 11.5 Å². The molecular weight excluding hydrogens is 478 g/mol. The maximum atomic E-state index is 11.1. The fourth-order valence-electron chi connectivity index (χ4n) is 4.04. The van der Waals surface area contributed by atoms with Gasteiger partial charge in [0.2, 0.25) is 0 Å². The molecule has 0 amide bonds.